The fourth-order valence-electron chi connectivity index (χ4n) is 3.44. The standard InChI is InChI=1S/C22H20N2O4S2/c1-4-28-15-9-6-5-8-14(15)12-17-20(25)24-19(16-10-7-11-29-16)18(21(26)27-3)13(2)23-22(24)30-17/h5-12,19H,4H2,1-3H3/b17-12-/t19-/m0/s1. The lowest BCUT2D eigenvalue weighted by Gasteiger charge is -2.22. The summed E-state index contributed by atoms with van der Waals surface area (Å²) in [6, 6.07) is 10.8. The Balaban J connectivity index is 1.95. The molecule has 0 aliphatic carbocycles. The number of nitrogens with zero attached hydrogens (tertiary/aromatic N) is 2. The minimum absolute atomic E-state index is 0.197. The first kappa shape index (κ1) is 20.3. The molecule has 4 rings (SSSR count). The zero-order chi connectivity index (χ0) is 21.3. The summed E-state index contributed by atoms with van der Waals surface area (Å²) in [7, 11) is 1.34. The first-order valence-electron chi connectivity index (χ1n) is 9.41. The largest absolute Gasteiger partial charge is 0.493 e. The fourth-order valence-corrected chi connectivity index (χ4v) is 5.30. The lowest BCUT2D eigenvalue weighted by molar-refractivity contribution is -0.136. The first-order valence-corrected chi connectivity index (χ1v) is 11.1. The van der Waals surface area contributed by atoms with Gasteiger partial charge in [0, 0.05) is 10.4 Å². The summed E-state index contributed by atoms with van der Waals surface area (Å²) in [5, 5.41) is 1.92. The number of allylic oxidation sites excluding steroid dienone is 1. The summed E-state index contributed by atoms with van der Waals surface area (Å²) in [5.41, 5.74) is 1.56. The molecule has 0 saturated carbocycles. The van der Waals surface area contributed by atoms with Crippen molar-refractivity contribution in [3.63, 3.8) is 0 Å². The summed E-state index contributed by atoms with van der Waals surface area (Å²) in [4.78, 5) is 32.0. The van der Waals surface area contributed by atoms with E-state index in [-0.39, 0.29) is 5.56 Å². The summed E-state index contributed by atoms with van der Waals surface area (Å²) in [5.74, 6) is 0.234. The van der Waals surface area contributed by atoms with E-state index in [2.05, 4.69) is 4.99 Å². The molecule has 0 N–H and O–H groups in total. The van der Waals surface area contributed by atoms with Crippen molar-refractivity contribution in [3.05, 3.63) is 83.2 Å². The highest BCUT2D eigenvalue weighted by molar-refractivity contribution is 7.10. The van der Waals surface area contributed by atoms with Crippen LogP contribution in [0.25, 0.3) is 6.08 Å². The van der Waals surface area contributed by atoms with E-state index in [1.54, 1.807) is 11.5 Å². The van der Waals surface area contributed by atoms with Crippen molar-refractivity contribution < 1.29 is 14.3 Å². The topological polar surface area (TPSA) is 69.9 Å². The molecule has 0 unspecified atom stereocenters. The van der Waals surface area contributed by atoms with Gasteiger partial charge in [0.1, 0.15) is 11.8 Å². The molecule has 1 aliphatic heterocycles. The molecule has 0 saturated heterocycles. The molecule has 0 radical (unpaired) electrons. The molecule has 8 heteroatoms. The molecule has 0 amide bonds. The van der Waals surface area contributed by atoms with Crippen molar-refractivity contribution in [2.45, 2.75) is 19.9 Å². The molecular weight excluding hydrogens is 420 g/mol. The van der Waals surface area contributed by atoms with Crippen LogP contribution in [0, 0.1) is 0 Å². The van der Waals surface area contributed by atoms with Crippen molar-refractivity contribution in [2.75, 3.05) is 13.7 Å². The Hall–Kier alpha value is -2.97. The number of ether oxygens (including phenoxy) is 2. The van der Waals surface area contributed by atoms with Crippen molar-refractivity contribution >= 4 is 34.7 Å². The Bertz CT molecular complexity index is 1300. The van der Waals surface area contributed by atoms with E-state index in [0.717, 1.165) is 10.4 Å². The fraction of sp³-hybridized carbons (Fsp3) is 0.227. The lowest BCUT2D eigenvalue weighted by atomic mass is 10.0. The van der Waals surface area contributed by atoms with Gasteiger partial charge < -0.3 is 9.47 Å². The van der Waals surface area contributed by atoms with Gasteiger partial charge in [-0.1, -0.05) is 35.6 Å². The lowest BCUT2D eigenvalue weighted by Crippen LogP contribution is -2.39. The molecule has 30 heavy (non-hydrogen) atoms. The number of rotatable bonds is 5. The summed E-state index contributed by atoms with van der Waals surface area (Å²) >= 11 is 2.79. The third-order valence-electron chi connectivity index (χ3n) is 4.75. The number of esters is 1. The van der Waals surface area contributed by atoms with Crippen molar-refractivity contribution in [2.24, 2.45) is 4.99 Å². The molecule has 0 bridgehead atoms. The Kier molecular flexibility index (Phi) is 5.69. The number of para-hydroxylation sites is 1. The van der Waals surface area contributed by atoms with Gasteiger partial charge in [-0.25, -0.2) is 9.79 Å². The van der Waals surface area contributed by atoms with E-state index < -0.39 is 12.0 Å². The van der Waals surface area contributed by atoms with Gasteiger partial charge in [-0.3, -0.25) is 9.36 Å². The van der Waals surface area contributed by atoms with Crippen LogP contribution in [0.1, 0.15) is 30.3 Å². The maximum atomic E-state index is 13.4. The highest BCUT2D eigenvalue weighted by atomic mass is 32.1. The molecule has 1 aliphatic rings. The van der Waals surface area contributed by atoms with Crippen LogP contribution >= 0.6 is 22.7 Å². The van der Waals surface area contributed by atoms with Gasteiger partial charge in [-0.2, -0.15) is 0 Å². The van der Waals surface area contributed by atoms with Crippen LogP contribution < -0.4 is 19.6 Å². The SMILES string of the molecule is CCOc1ccccc1/C=c1\sc2n(c1=O)[C@@H](c1cccs1)C(C(=O)OC)=C(C)N=2. The minimum Gasteiger partial charge on any atom is -0.493 e. The second-order valence-corrected chi connectivity index (χ2v) is 8.55. The molecule has 6 nitrogen and oxygen atoms in total. The highest BCUT2D eigenvalue weighted by Gasteiger charge is 2.33. The summed E-state index contributed by atoms with van der Waals surface area (Å²) < 4.78 is 12.8. The highest BCUT2D eigenvalue weighted by Crippen LogP contribution is 2.33. The molecule has 154 valence electrons. The molecule has 3 heterocycles. The molecule has 1 aromatic carbocycles. The molecular formula is C22H20N2O4S2. The monoisotopic (exact) mass is 440 g/mol. The predicted octanol–water partition coefficient (Wildman–Crippen LogP) is 2.87. The second-order valence-electron chi connectivity index (χ2n) is 6.56. The van der Waals surface area contributed by atoms with E-state index in [4.69, 9.17) is 9.47 Å². The molecule has 2 aromatic heterocycles. The summed E-state index contributed by atoms with van der Waals surface area (Å²) in [6.07, 6.45) is 1.82. The average Bonchev–Trinajstić information content (AvgIpc) is 3.37. The second kappa shape index (κ2) is 8.41. The Labute approximate surface area is 181 Å². The van der Waals surface area contributed by atoms with Gasteiger partial charge in [-0.05, 0) is 37.4 Å². The molecule has 3 aromatic rings. The van der Waals surface area contributed by atoms with Gasteiger partial charge in [0.2, 0.25) is 0 Å². The van der Waals surface area contributed by atoms with E-state index in [9.17, 15) is 9.59 Å². The number of carbonyl (C=O) groups is 1. The predicted molar refractivity (Wildman–Crippen MR) is 118 cm³/mol. The van der Waals surface area contributed by atoms with Crippen molar-refractivity contribution in [1.29, 1.82) is 0 Å². The maximum absolute atomic E-state index is 13.4. The van der Waals surface area contributed by atoms with Gasteiger partial charge >= 0.3 is 5.97 Å². The molecule has 0 spiro atoms. The van der Waals surface area contributed by atoms with E-state index in [0.29, 0.717) is 33.0 Å². The van der Waals surface area contributed by atoms with Crippen molar-refractivity contribution in [3.8, 4) is 5.75 Å². The van der Waals surface area contributed by atoms with Crippen LogP contribution in [-0.2, 0) is 9.53 Å². The Morgan fingerprint density at radius 2 is 2.07 bits per heavy atom. The van der Waals surface area contributed by atoms with E-state index in [1.807, 2.05) is 54.8 Å². The summed E-state index contributed by atoms with van der Waals surface area (Å²) in [6.45, 7) is 4.23. The van der Waals surface area contributed by atoms with Gasteiger partial charge in [0.25, 0.3) is 5.56 Å². The van der Waals surface area contributed by atoms with Gasteiger partial charge in [0.05, 0.1) is 29.5 Å². The van der Waals surface area contributed by atoms with Crippen LogP contribution in [0.3, 0.4) is 0 Å². The number of hydrogen-bond acceptors (Lipinski definition) is 7. The first-order chi connectivity index (χ1) is 14.5. The van der Waals surface area contributed by atoms with Crippen LogP contribution in [0.15, 0.2) is 62.8 Å². The Morgan fingerprint density at radius 1 is 1.27 bits per heavy atom. The molecule has 1 atom stereocenters. The zero-order valence-corrected chi connectivity index (χ0v) is 18.4. The maximum Gasteiger partial charge on any atom is 0.338 e. The smallest absolute Gasteiger partial charge is 0.338 e. The number of benzene rings is 1. The third kappa shape index (κ3) is 3.53. The van der Waals surface area contributed by atoms with E-state index in [1.165, 1.54) is 29.8 Å². The van der Waals surface area contributed by atoms with Crippen LogP contribution in [0.4, 0.5) is 0 Å². The normalized spacial score (nSPS) is 16.2. The Morgan fingerprint density at radius 3 is 2.77 bits per heavy atom. The average molecular weight is 441 g/mol. The third-order valence-corrected chi connectivity index (χ3v) is 6.65. The minimum atomic E-state index is -0.557. The number of fused-ring (bicyclic) bond motifs is 1. The number of thiazole rings is 1. The van der Waals surface area contributed by atoms with Gasteiger partial charge in [-0.15, -0.1) is 11.3 Å². The zero-order valence-electron chi connectivity index (χ0n) is 16.7. The number of thiophene rings is 1. The number of hydrogen-bond donors (Lipinski definition) is 0. The quantitative estimate of drug-likeness (QED) is 0.572. The van der Waals surface area contributed by atoms with Gasteiger partial charge in [0.15, 0.2) is 4.80 Å². The van der Waals surface area contributed by atoms with E-state index >= 15 is 0 Å². The number of aromatic nitrogens is 1. The van der Waals surface area contributed by atoms with Crippen LogP contribution in [0.5, 0.6) is 5.75 Å². The molecule has 0 fully saturated rings. The van der Waals surface area contributed by atoms with Crippen LogP contribution in [-0.4, -0.2) is 24.3 Å². The van der Waals surface area contributed by atoms with Crippen LogP contribution in [0.2, 0.25) is 0 Å². The number of methoxy groups -OCH3 is 1. The van der Waals surface area contributed by atoms with Crippen molar-refractivity contribution in [1.82, 2.24) is 4.57 Å². The number of carbonyl (C=O) groups excluding carboxylic acids is 1.